The van der Waals surface area contributed by atoms with Crippen molar-refractivity contribution >= 4 is 30.2 Å². The highest BCUT2D eigenvalue weighted by Gasteiger charge is 2.40. The van der Waals surface area contributed by atoms with Gasteiger partial charge in [0, 0.05) is 5.69 Å². The van der Waals surface area contributed by atoms with Gasteiger partial charge in [-0.25, -0.2) is 0 Å². The van der Waals surface area contributed by atoms with Gasteiger partial charge in [-0.2, -0.15) is 0 Å². The lowest BCUT2D eigenvalue weighted by molar-refractivity contribution is 1.35. The fraction of sp³-hybridized carbons (Fsp3) is 0.208. The molecular weight excluding hydrogens is 344 g/mol. The van der Waals surface area contributed by atoms with Gasteiger partial charge in [0.05, 0.1) is 5.71 Å². The minimum Gasteiger partial charge on any atom is -0.399 e. The lowest BCUT2D eigenvalue weighted by Gasteiger charge is -2.39. The first-order valence-corrected chi connectivity index (χ1v) is 12.4. The summed E-state index contributed by atoms with van der Waals surface area (Å²) in [7, 11) is -1.95. The predicted octanol–water partition coefficient (Wildman–Crippen LogP) is 5.06. The van der Waals surface area contributed by atoms with E-state index in [9.17, 15) is 0 Å². The Labute approximate surface area is 162 Å². The molecule has 27 heavy (non-hydrogen) atoms. The Bertz CT molecular complexity index is 1100. The first-order valence-electron chi connectivity index (χ1n) is 9.43. The van der Waals surface area contributed by atoms with Gasteiger partial charge in [0.1, 0.15) is 8.07 Å². The van der Waals surface area contributed by atoms with Crippen molar-refractivity contribution in [3.63, 3.8) is 0 Å². The van der Waals surface area contributed by atoms with Gasteiger partial charge >= 0.3 is 0 Å². The van der Waals surface area contributed by atoms with Crippen molar-refractivity contribution in [2.75, 3.05) is 5.73 Å². The summed E-state index contributed by atoms with van der Waals surface area (Å²) in [5.41, 5.74) is 16.4. The molecular formula is C24H26N2Si. The van der Waals surface area contributed by atoms with Crippen LogP contribution in [0.15, 0.2) is 64.9 Å². The van der Waals surface area contributed by atoms with E-state index in [1.165, 1.54) is 38.2 Å². The summed E-state index contributed by atoms with van der Waals surface area (Å²) >= 11 is 0. The normalized spacial score (nSPS) is 17.9. The average Bonchev–Trinajstić information content (AvgIpc) is 2.61. The van der Waals surface area contributed by atoms with Crippen LogP contribution >= 0.6 is 0 Å². The molecule has 0 saturated carbocycles. The lowest BCUT2D eigenvalue weighted by Crippen LogP contribution is -2.49. The second kappa shape index (κ2) is 5.93. The third kappa shape index (κ3) is 2.57. The summed E-state index contributed by atoms with van der Waals surface area (Å²) in [6.45, 7) is 11.1. The molecule has 3 heteroatoms. The molecule has 2 nitrogen and oxygen atoms in total. The summed E-state index contributed by atoms with van der Waals surface area (Å²) < 4.78 is 0. The van der Waals surface area contributed by atoms with Crippen molar-refractivity contribution in [1.82, 2.24) is 0 Å². The molecule has 1 aliphatic heterocycles. The number of allylic oxidation sites excluding steroid dienone is 5. The van der Waals surface area contributed by atoms with E-state index in [-0.39, 0.29) is 0 Å². The van der Waals surface area contributed by atoms with Crippen LogP contribution in [0, 0.1) is 19.3 Å². The molecule has 0 saturated heterocycles. The van der Waals surface area contributed by atoms with Gasteiger partial charge in [-0.15, -0.1) is 0 Å². The number of benzene rings is 2. The largest absolute Gasteiger partial charge is 0.399 e. The molecule has 0 aromatic heterocycles. The molecule has 0 amide bonds. The van der Waals surface area contributed by atoms with E-state index in [1.807, 2.05) is 6.92 Å². The quantitative estimate of drug-likeness (QED) is 0.535. The predicted molar refractivity (Wildman–Crippen MR) is 119 cm³/mol. The number of nitrogen functional groups attached to an aromatic ring is 1. The van der Waals surface area contributed by atoms with Crippen LogP contribution in [0.25, 0.3) is 5.57 Å². The lowest BCUT2D eigenvalue weighted by atomic mass is 9.86. The van der Waals surface area contributed by atoms with Crippen molar-refractivity contribution in [2.45, 2.75) is 33.9 Å². The van der Waals surface area contributed by atoms with Crippen molar-refractivity contribution in [2.24, 2.45) is 0 Å². The molecule has 4 rings (SSSR count). The monoisotopic (exact) mass is 370 g/mol. The molecule has 2 aromatic carbocycles. The first-order chi connectivity index (χ1) is 12.7. The van der Waals surface area contributed by atoms with Crippen LogP contribution in [0.5, 0.6) is 0 Å². The molecule has 1 aliphatic carbocycles. The average molecular weight is 371 g/mol. The highest BCUT2D eigenvalue weighted by molar-refractivity contribution is 6.98. The van der Waals surface area contributed by atoms with Crippen molar-refractivity contribution in [3.05, 3.63) is 87.1 Å². The molecule has 0 fully saturated rings. The summed E-state index contributed by atoms with van der Waals surface area (Å²) in [4.78, 5) is 0. The molecule has 3 N–H and O–H groups in total. The van der Waals surface area contributed by atoms with E-state index in [0.29, 0.717) is 5.71 Å². The SMILES string of the molecule is CC1=CC2=C(c3ccccc3C)c3cc(C)c(N)cc3[Si](C)(C)C2=CC1=N. The minimum atomic E-state index is -1.95. The molecule has 0 unspecified atom stereocenters. The van der Waals surface area contributed by atoms with Gasteiger partial charge < -0.3 is 11.1 Å². The summed E-state index contributed by atoms with van der Waals surface area (Å²) in [5.74, 6) is 0. The van der Waals surface area contributed by atoms with E-state index in [2.05, 4.69) is 75.5 Å². The maximum atomic E-state index is 8.40. The van der Waals surface area contributed by atoms with E-state index in [1.54, 1.807) is 0 Å². The van der Waals surface area contributed by atoms with Crippen LogP contribution in [0.2, 0.25) is 13.1 Å². The zero-order chi connectivity index (χ0) is 19.5. The van der Waals surface area contributed by atoms with E-state index in [4.69, 9.17) is 11.1 Å². The third-order valence-electron chi connectivity index (χ3n) is 6.07. The number of anilines is 1. The Balaban J connectivity index is 2.18. The number of hydrogen-bond donors (Lipinski definition) is 2. The van der Waals surface area contributed by atoms with Crippen LogP contribution in [0.1, 0.15) is 29.2 Å². The Hall–Kier alpha value is -2.65. The Kier molecular flexibility index (Phi) is 3.90. The molecule has 0 atom stereocenters. The number of nitrogens with one attached hydrogen (secondary N) is 1. The summed E-state index contributed by atoms with van der Waals surface area (Å²) in [5, 5.41) is 11.1. The first kappa shape index (κ1) is 17.7. The van der Waals surface area contributed by atoms with Crippen molar-refractivity contribution in [1.29, 1.82) is 5.41 Å². The van der Waals surface area contributed by atoms with Crippen LogP contribution in [-0.2, 0) is 0 Å². The highest BCUT2D eigenvalue weighted by atomic mass is 28.3. The Morgan fingerprint density at radius 3 is 2.30 bits per heavy atom. The number of hydrogen-bond acceptors (Lipinski definition) is 2. The molecule has 0 bridgehead atoms. The number of fused-ring (bicyclic) bond motifs is 2. The van der Waals surface area contributed by atoms with Gasteiger partial charge in [-0.05, 0) is 94.4 Å². The van der Waals surface area contributed by atoms with E-state index >= 15 is 0 Å². The minimum absolute atomic E-state index is 0.627. The number of nitrogens with two attached hydrogens (primary N) is 1. The van der Waals surface area contributed by atoms with Gasteiger partial charge in [0.2, 0.25) is 0 Å². The molecule has 0 spiro atoms. The third-order valence-corrected chi connectivity index (χ3v) is 9.59. The fourth-order valence-electron chi connectivity index (χ4n) is 4.31. The zero-order valence-electron chi connectivity index (χ0n) is 16.7. The highest BCUT2D eigenvalue weighted by Crippen LogP contribution is 2.43. The standard InChI is InChI=1S/C24H26N2Si/c1-14-8-6-7-9-17(14)24-18-10-15(2)20(25)12-22(18)27(4,5)23-13-21(26)16(3)11-19(23)24/h6-13,25H,26H2,1-5H3. The fourth-order valence-corrected chi connectivity index (χ4v) is 7.37. The van der Waals surface area contributed by atoms with Crippen molar-refractivity contribution in [3.8, 4) is 0 Å². The van der Waals surface area contributed by atoms with E-state index in [0.717, 1.165) is 16.8 Å². The smallest absolute Gasteiger partial charge is 0.114 e. The van der Waals surface area contributed by atoms with Crippen LogP contribution in [0.3, 0.4) is 0 Å². The van der Waals surface area contributed by atoms with Crippen LogP contribution < -0.4 is 10.9 Å². The van der Waals surface area contributed by atoms with Crippen molar-refractivity contribution < 1.29 is 0 Å². The second-order valence-corrected chi connectivity index (χ2v) is 12.6. The van der Waals surface area contributed by atoms with Crippen LogP contribution in [-0.4, -0.2) is 13.8 Å². The topological polar surface area (TPSA) is 49.9 Å². The molecule has 136 valence electrons. The summed E-state index contributed by atoms with van der Waals surface area (Å²) in [6, 6.07) is 13.1. The van der Waals surface area contributed by atoms with E-state index < -0.39 is 8.07 Å². The van der Waals surface area contributed by atoms with Gasteiger partial charge in [0.25, 0.3) is 0 Å². The molecule has 2 aromatic rings. The van der Waals surface area contributed by atoms with Gasteiger partial charge in [0.15, 0.2) is 0 Å². The number of rotatable bonds is 1. The molecule has 2 aliphatic rings. The second-order valence-electron chi connectivity index (χ2n) is 8.28. The summed E-state index contributed by atoms with van der Waals surface area (Å²) in [6.07, 6.45) is 4.33. The van der Waals surface area contributed by atoms with Crippen LogP contribution in [0.4, 0.5) is 5.69 Å². The maximum absolute atomic E-state index is 8.40. The van der Waals surface area contributed by atoms with Gasteiger partial charge in [-0.1, -0.05) is 37.4 Å². The Morgan fingerprint density at radius 1 is 0.889 bits per heavy atom. The molecule has 1 heterocycles. The maximum Gasteiger partial charge on any atom is 0.114 e. The Morgan fingerprint density at radius 2 is 1.59 bits per heavy atom. The number of aryl methyl sites for hydroxylation is 2. The zero-order valence-corrected chi connectivity index (χ0v) is 17.7. The molecule has 0 radical (unpaired) electrons. The van der Waals surface area contributed by atoms with Gasteiger partial charge in [-0.3, -0.25) is 0 Å².